The zero-order valence-electron chi connectivity index (χ0n) is 20.0. The van der Waals surface area contributed by atoms with Crippen molar-refractivity contribution in [2.45, 2.75) is 25.9 Å². The number of aromatic nitrogens is 3. The second-order valence-electron chi connectivity index (χ2n) is 8.94. The number of nitrogens with one attached hydrogen (secondary N) is 1. The van der Waals surface area contributed by atoms with Crippen LogP contribution in [0.15, 0.2) is 48.5 Å². The normalized spacial score (nSPS) is 13.1. The van der Waals surface area contributed by atoms with Crippen molar-refractivity contribution in [1.29, 1.82) is 0 Å². The average molecular weight is 485 g/mol. The quantitative estimate of drug-likeness (QED) is 0.239. The largest absolute Gasteiger partial charge is 0.488 e. The van der Waals surface area contributed by atoms with Crippen molar-refractivity contribution < 1.29 is 14.8 Å². The fraction of sp³-hybridized carbons (Fsp3) is 0.240. The summed E-state index contributed by atoms with van der Waals surface area (Å²) in [6.45, 7) is 1.55. The van der Waals surface area contributed by atoms with E-state index in [0.29, 0.717) is 34.7 Å². The number of nitrogens with zero attached hydrogens (tertiary/aromatic N) is 4. The van der Waals surface area contributed by atoms with E-state index in [0.717, 1.165) is 47.5 Å². The van der Waals surface area contributed by atoms with Crippen LogP contribution in [0.1, 0.15) is 33.7 Å². The zero-order chi connectivity index (χ0) is 25.4. The van der Waals surface area contributed by atoms with Crippen LogP contribution in [0.2, 0.25) is 0 Å². The Kier molecular flexibility index (Phi) is 6.35. The van der Waals surface area contributed by atoms with E-state index in [1.54, 1.807) is 30.3 Å². The predicted octanol–water partition coefficient (Wildman–Crippen LogP) is 0.652. The van der Waals surface area contributed by atoms with Gasteiger partial charge in [0.15, 0.2) is 5.82 Å². The van der Waals surface area contributed by atoms with E-state index in [9.17, 15) is 14.8 Å². The average Bonchev–Trinajstić information content (AvgIpc) is 3.26. The number of hydrogen-bond acceptors (Lipinski definition) is 8. The first-order valence-electron chi connectivity index (χ1n) is 11.8. The molecule has 0 aliphatic carbocycles. The minimum atomic E-state index is -1.53. The lowest BCUT2D eigenvalue weighted by atomic mass is 9.80. The van der Waals surface area contributed by atoms with Gasteiger partial charge in [0.2, 0.25) is 11.9 Å². The molecule has 4 aromatic rings. The van der Waals surface area contributed by atoms with Gasteiger partial charge >= 0.3 is 7.12 Å². The molecule has 184 valence electrons. The van der Waals surface area contributed by atoms with Gasteiger partial charge in [-0.25, -0.2) is 4.98 Å². The van der Waals surface area contributed by atoms with Crippen molar-refractivity contribution >= 4 is 40.9 Å². The first kappa shape index (κ1) is 23.8. The van der Waals surface area contributed by atoms with E-state index >= 15 is 0 Å². The molecule has 0 atom stereocenters. The summed E-state index contributed by atoms with van der Waals surface area (Å²) in [4.78, 5) is 24.0. The van der Waals surface area contributed by atoms with Gasteiger partial charge in [0.1, 0.15) is 5.69 Å². The molecule has 36 heavy (non-hydrogen) atoms. The Labute approximate surface area is 208 Å². The number of carbonyl (C=O) groups excluding carboxylic acids is 1. The third kappa shape index (κ3) is 4.28. The van der Waals surface area contributed by atoms with Gasteiger partial charge in [-0.05, 0) is 42.1 Å². The Morgan fingerprint density at radius 2 is 1.97 bits per heavy atom. The number of hydrogen-bond donors (Lipinski definition) is 5. The van der Waals surface area contributed by atoms with Crippen LogP contribution in [0.3, 0.4) is 0 Å². The lowest BCUT2D eigenvalue weighted by Crippen LogP contribution is -2.30. The molecule has 2 aromatic heterocycles. The summed E-state index contributed by atoms with van der Waals surface area (Å²) in [5.74, 6) is 0.623. The smallest absolute Gasteiger partial charge is 0.423 e. The Hall–Kier alpha value is -3.93. The van der Waals surface area contributed by atoms with Gasteiger partial charge in [-0.2, -0.15) is 4.98 Å². The predicted molar refractivity (Wildman–Crippen MR) is 140 cm³/mol. The highest BCUT2D eigenvalue weighted by molar-refractivity contribution is 6.58. The molecule has 0 saturated heterocycles. The van der Waals surface area contributed by atoms with Gasteiger partial charge in [-0.3, -0.25) is 9.36 Å². The highest BCUT2D eigenvalue weighted by Gasteiger charge is 2.24. The molecule has 0 spiro atoms. The van der Waals surface area contributed by atoms with Crippen LogP contribution in [0.5, 0.6) is 0 Å². The molecule has 0 radical (unpaired) electrons. The number of nitrogens with two attached hydrogens (primary N) is 2. The third-order valence-corrected chi connectivity index (χ3v) is 6.54. The number of benzene rings is 2. The molecular weight excluding hydrogens is 457 g/mol. The Morgan fingerprint density at radius 1 is 1.17 bits per heavy atom. The highest BCUT2D eigenvalue weighted by Crippen LogP contribution is 2.34. The number of carbonyl (C=O) groups is 1. The minimum Gasteiger partial charge on any atom is -0.423 e. The number of fused-ring (bicyclic) bond motifs is 2. The molecule has 0 bridgehead atoms. The van der Waals surface area contributed by atoms with E-state index in [-0.39, 0.29) is 6.54 Å². The first-order valence-corrected chi connectivity index (χ1v) is 11.8. The Balaban J connectivity index is 1.62. The Morgan fingerprint density at radius 3 is 2.72 bits per heavy atom. The van der Waals surface area contributed by atoms with Crippen LogP contribution in [0.25, 0.3) is 16.9 Å². The van der Waals surface area contributed by atoms with Gasteiger partial charge in [0.05, 0.1) is 11.2 Å². The lowest BCUT2D eigenvalue weighted by Gasteiger charge is -2.29. The number of anilines is 2. The van der Waals surface area contributed by atoms with Gasteiger partial charge in [0, 0.05) is 43.3 Å². The molecule has 7 N–H and O–H groups in total. The van der Waals surface area contributed by atoms with Crippen molar-refractivity contribution in [1.82, 2.24) is 14.5 Å². The second kappa shape index (κ2) is 9.61. The maximum Gasteiger partial charge on any atom is 0.488 e. The maximum absolute atomic E-state index is 12.0. The van der Waals surface area contributed by atoms with Crippen molar-refractivity contribution in [3.8, 4) is 5.95 Å². The van der Waals surface area contributed by atoms with Crippen molar-refractivity contribution in [2.24, 2.45) is 11.5 Å². The molecule has 3 heterocycles. The highest BCUT2D eigenvalue weighted by atomic mass is 16.4. The van der Waals surface area contributed by atoms with E-state index in [1.165, 1.54) is 0 Å². The molecule has 0 fully saturated rings. The molecule has 2 aromatic carbocycles. The molecule has 5 rings (SSSR count). The monoisotopic (exact) mass is 485 g/mol. The summed E-state index contributed by atoms with van der Waals surface area (Å²) in [5.41, 5.74) is 16.8. The molecular formula is C25H28BN7O3. The van der Waals surface area contributed by atoms with Crippen LogP contribution >= 0.6 is 0 Å². The summed E-state index contributed by atoms with van der Waals surface area (Å²) in [6, 6.07) is 14.3. The van der Waals surface area contributed by atoms with Gasteiger partial charge in [-0.15, -0.1) is 0 Å². The number of amides is 1. The fourth-order valence-electron chi connectivity index (χ4n) is 4.82. The van der Waals surface area contributed by atoms with Crippen molar-refractivity contribution in [2.75, 3.05) is 23.8 Å². The van der Waals surface area contributed by atoms with Crippen molar-refractivity contribution in [3.05, 3.63) is 71.0 Å². The third-order valence-electron chi connectivity index (χ3n) is 6.54. The standard InChI is InChI=1S/C25H28BN7O3/c1-32-10-4-8-20-22(32)24(29-14-15-5-2-6-16(11-15)26(35)36)31-25(30-20)33-17(13-27)12-19-18(23(28)34)7-3-9-21(19)33/h2-3,5-7,9,11-12,35-36H,4,8,10,13-14,27H2,1H3,(H2,28,34)(H,29,30,31). The molecule has 10 nitrogen and oxygen atoms in total. The zero-order valence-corrected chi connectivity index (χ0v) is 20.0. The summed E-state index contributed by atoms with van der Waals surface area (Å²) < 4.78 is 1.88. The SMILES string of the molecule is CN1CCCc2nc(-n3c(CN)cc4c(C(N)=O)cccc43)nc(NCc3cccc(B(O)O)c3)c21. The van der Waals surface area contributed by atoms with Crippen LogP contribution in [-0.2, 0) is 19.5 Å². The molecule has 0 saturated carbocycles. The summed E-state index contributed by atoms with van der Waals surface area (Å²) in [7, 11) is 0.487. The van der Waals surface area contributed by atoms with Crippen LogP contribution in [0.4, 0.5) is 11.5 Å². The van der Waals surface area contributed by atoms with Gasteiger partial charge in [0.25, 0.3) is 0 Å². The fourth-order valence-corrected chi connectivity index (χ4v) is 4.82. The number of rotatable bonds is 7. The van der Waals surface area contributed by atoms with Gasteiger partial charge in [-0.1, -0.05) is 30.3 Å². The van der Waals surface area contributed by atoms with Crippen LogP contribution < -0.4 is 27.1 Å². The van der Waals surface area contributed by atoms with E-state index in [2.05, 4.69) is 10.2 Å². The summed E-state index contributed by atoms with van der Waals surface area (Å²) in [6.07, 6.45) is 1.78. The molecule has 0 unspecified atom stereocenters. The van der Waals surface area contributed by atoms with Crippen LogP contribution in [0, 0.1) is 0 Å². The van der Waals surface area contributed by atoms with Gasteiger partial charge < -0.3 is 31.7 Å². The minimum absolute atomic E-state index is 0.228. The molecule has 1 amide bonds. The van der Waals surface area contributed by atoms with E-state index in [4.69, 9.17) is 21.4 Å². The topological polar surface area (TPSA) is 156 Å². The second-order valence-corrected chi connectivity index (χ2v) is 8.94. The molecule has 11 heteroatoms. The summed E-state index contributed by atoms with van der Waals surface area (Å²) in [5, 5.41) is 23.2. The summed E-state index contributed by atoms with van der Waals surface area (Å²) >= 11 is 0. The maximum atomic E-state index is 12.0. The molecule has 1 aliphatic heterocycles. The number of aryl methyl sites for hydroxylation is 1. The van der Waals surface area contributed by atoms with Crippen LogP contribution in [-0.4, -0.2) is 51.2 Å². The first-order chi connectivity index (χ1) is 17.4. The lowest BCUT2D eigenvalue weighted by molar-refractivity contribution is 0.100. The molecule has 1 aliphatic rings. The Bertz CT molecular complexity index is 1450. The van der Waals surface area contributed by atoms with Crippen molar-refractivity contribution in [3.63, 3.8) is 0 Å². The van der Waals surface area contributed by atoms with E-state index < -0.39 is 13.0 Å². The number of primary amides is 1. The van der Waals surface area contributed by atoms with E-state index in [1.807, 2.05) is 29.8 Å².